The Bertz CT molecular complexity index is 1150. The van der Waals surface area contributed by atoms with Gasteiger partial charge in [-0.25, -0.2) is 4.39 Å². The second-order valence-electron chi connectivity index (χ2n) is 8.77. The Hall–Kier alpha value is -3.69. The Morgan fingerprint density at radius 2 is 2.00 bits per heavy atom. The fraction of sp³-hybridized carbons (Fsp3) is 0.391. The van der Waals surface area contributed by atoms with Crippen molar-refractivity contribution in [3.05, 3.63) is 59.7 Å². The second-order valence-corrected chi connectivity index (χ2v) is 8.77. The predicted octanol–water partition coefficient (Wildman–Crippen LogP) is 0.277. The zero-order valence-corrected chi connectivity index (χ0v) is 18.0. The molecular formula is C23H24FN5O4. The topological polar surface area (TPSA) is 104 Å². The highest BCUT2D eigenvalue weighted by Gasteiger charge is 2.52. The van der Waals surface area contributed by atoms with Crippen molar-refractivity contribution in [3.63, 3.8) is 0 Å². The average molecular weight is 453 g/mol. The molecule has 1 aromatic heterocycles. The van der Waals surface area contributed by atoms with Crippen LogP contribution in [0.4, 0.5) is 4.39 Å². The van der Waals surface area contributed by atoms with Gasteiger partial charge in [-0.15, -0.1) is 0 Å². The van der Waals surface area contributed by atoms with E-state index in [0.717, 1.165) is 6.07 Å². The highest BCUT2D eigenvalue weighted by atomic mass is 19.1. The number of likely N-dealkylation sites (tertiary alicyclic amines) is 1. The van der Waals surface area contributed by atoms with Crippen molar-refractivity contribution in [2.45, 2.75) is 37.0 Å². The molecule has 0 spiro atoms. The van der Waals surface area contributed by atoms with Gasteiger partial charge >= 0.3 is 0 Å². The van der Waals surface area contributed by atoms with Crippen molar-refractivity contribution in [3.8, 4) is 0 Å². The van der Waals surface area contributed by atoms with Gasteiger partial charge in [0.05, 0.1) is 6.04 Å². The standard InChI is InChI=1S/C23H24FN5O4/c1-27-8-3-6-17(27)20(30)25-15-11-18-21(31)26-16-7-9-28(19(16)23(33)29(18)12-15)22(32)13-4-2-5-14(24)10-13/h2-6,8,10,15-16,18-19H,7,9,11-12H2,1H3,(H,25,30)(H,26,31). The van der Waals surface area contributed by atoms with Gasteiger partial charge in [-0.05, 0) is 43.2 Å². The molecule has 5 rings (SSSR count). The molecule has 9 nitrogen and oxygen atoms in total. The Balaban J connectivity index is 1.35. The molecule has 10 heteroatoms. The molecule has 4 amide bonds. The number of nitrogens with zero attached hydrogens (tertiary/aromatic N) is 3. The van der Waals surface area contributed by atoms with Crippen LogP contribution in [-0.4, -0.2) is 75.3 Å². The molecule has 3 aliphatic heterocycles. The molecular weight excluding hydrogens is 429 g/mol. The molecule has 0 bridgehead atoms. The largest absolute Gasteiger partial charge is 0.349 e. The Morgan fingerprint density at radius 3 is 2.73 bits per heavy atom. The summed E-state index contributed by atoms with van der Waals surface area (Å²) in [5.41, 5.74) is 0.639. The molecule has 4 heterocycles. The zero-order chi connectivity index (χ0) is 23.3. The quantitative estimate of drug-likeness (QED) is 0.697. The van der Waals surface area contributed by atoms with Crippen LogP contribution in [0.25, 0.3) is 0 Å². The van der Waals surface area contributed by atoms with Crippen LogP contribution in [-0.2, 0) is 16.6 Å². The lowest BCUT2D eigenvalue weighted by molar-refractivity contribution is -0.138. The number of halogens is 1. The minimum absolute atomic E-state index is 0.157. The molecule has 4 atom stereocenters. The van der Waals surface area contributed by atoms with E-state index in [9.17, 15) is 23.6 Å². The first kappa shape index (κ1) is 21.2. The summed E-state index contributed by atoms with van der Waals surface area (Å²) in [4.78, 5) is 55.0. The van der Waals surface area contributed by atoms with E-state index in [-0.39, 0.29) is 36.4 Å². The summed E-state index contributed by atoms with van der Waals surface area (Å²) in [6, 6.07) is 6.34. The van der Waals surface area contributed by atoms with Crippen LogP contribution in [0.3, 0.4) is 0 Å². The van der Waals surface area contributed by atoms with E-state index in [2.05, 4.69) is 10.6 Å². The van der Waals surface area contributed by atoms with Gasteiger partial charge in [-0.2, -0.15) is 0 Å². The number of aryl methyl sites for hydroxylation is 1. The molecule has 3 fully saturated rings. The minimum Gasteiger partial charge on any atom is -0.349 e. The molecule has 3 saturated heterocycles. The fourth-order valence-corrected chi connectivity index (χ4v) is 5.10. The SMILES string of the molecule is Cn1cccc1C(=O)NC1CC2C(=O)NC3CCN(C(=O)c4cccc(F)c4)C3C(=O)N2C1. The van der Waals surface area contributed by atoms with Gasteiger partial charge in [-0.1, -0.05) is 6.07 Å². The van der Waals surface area contributed by atoms with Gasteiger partial charge < -0.3 is 25.0 Å². The maximum Gasteiger partial charge on any atom is 0.268 e. The molecule has 3 aliphatic rings. The summed E-state index contributed by atoms with van der Waals surface area (Å²) >= 11 is 0. The number of amides is 4. The Morgan fingerprint density at radius 1 is 1.18 bits per heavy atom. The summed E-state index contributed by atoms with van der Waals surface area (Å²) in [6.45, 7) is 0.459. The van der Waals surface area contributed by atoms with Crippen molar-refractivity contribution < 1.29 is 23.6 Å². The zero-order valence-electron chi connectivity index (χ0n) is 18.0. The van der Waals surface area contributed by atoms with Gasteiger partial charge in [-0.3, -0.25) is 19.2 Å². The summed E-state index contributed by atoms with van der Waals surface area (Å²) < 4.78 is 15.3. The second kappa shape index (κ2) is 8.02. The highest BCUT2D eigenvalue weighted by molar-refractivity contribution is 6.01. The number of carbonyl (C=O) groups excluding carboxylic acids is 4. The first-order chi connectivity index (χ1) is 15.8. The van der Waals surface area contributed by atoms with E-state index in [1.54, 1.807) is 29.9 Å². The Labute approximate surface area is 189 Å². The molecule has 0 saturated carbocycles. The summed E-state index contributed by atoms with van der Waals surface area (Å²) in [6.07, 6.45) is 2.50. The lowest BCUT2D eigenvalue weighted by Crippen LogP contribution is -2.52. The van der Waals surface area contributed by atoms with E-state index >= 15 is 0 Å². The molecule has 2 N–H and O–H groups in total. The molecule has 2 aromatic rings. The van der Waals surface area contributed by atoms with Crippen LogP contribution >= 0.6 is 0 Å². The van der Waals surface area contributed by atoms with Crippen molar-refractivity contribution in [2.24, 2.45) is 7.05 Å². The lowest BCUT2D eigenvalue weighted by atomic mass is 10.1. The summed E-state index contributed by atoms with van der Waals surface area (Å²) in [5, 5.41) is 5.82. The number of fused-ring (bicyclic) bond motifs is 2. The lowest BCUT2D eigenvalue weighted by Gasteiger charge is -2.29. The van der Waals surface area contributed by atoms with Crippen LogP contribution in [0.5, 0.6) is 0 Å². The summed E-state index contributed by atoms with van der Waals surface area (Å²) in [7, 11) is 1.76. The maximum absolute atomic E-state index is 13.7. The number of rotatable bonds is 3. The van der Waals surface area contributed by atoms with E-state index in [1.807, 2.05) is 0 Å². The molecule has 172 valence electrons. The highest BCUT2D eigenvalue weighted by Crippen LogP contribution is 2.30. The van der Waals surface area contributed by atoms with Crippen molar-refractivity contribution in [2.75, 3.05) is 13.1 Å². The number of aromatic nitrogens is 1. The third-order valence-corrected chi connectivity index (χ3v) is 6.71. The van der Waals surface area contributed by atoms with Gasteiger partial charge in [0, 0.05) is 37.9 Å². The van der Waals surface area contributed by atoms with Crippen LogP contribution in [0, 0.1) is 5.82 Å². The monoisotopic (exact) mass is 453 g/mol. The maximum atomic E-state index is 13.7. The normalized spacial score (nSPS) is 26.5. The van der Waals surface area contributed by atoms with E-state index in [1.165, 1.54) is 28.0 Å². The third kappa shape index (κ3) is 3.65. The van der Waals surface area contributed by atoms with Crippen molar-refractivity contribution >= 4 is 23.6 Å². The molecule has 4 unspecified atom stereocenters. The van der Waals surface area contributed by atoms with Crippen LogP contribution < -0.4 is 10.6 Å². The molecule has 33 heavy (non-hydrogen) atoms. The number of carbonyl (C=O) groups is 4. The van der Waals surface area contributed by atoms with Gasteiger partial charge in [0.15, 0.2) is 0 Å². The number of nitrogens with one attached hydrogen (secondary N) is 2. The smallest absolute Gasteiger partial charge is 0.268 e. The first-order valence-electron chi connectivity index (χ1n) is 10.9. The first-order valence-corrected chi connectivity index (χ1v) is 10.9. The van der Waals surface area contributed by atoms with Gasteiger partial charge in [0.1, 0.15) is 23.6 Å². The average Bonchev–Trinajstić information content (AvgIpc) is 3.49. The molecule has 0 radical (unpaired) electrons. The summed E-state index contributed by atoms with van der Waals surface area (Å²) in [5.74, 6) is -1.88. The van der Waals surface area contributed by atoms with Gasteiger partial charge in [0.2, 0.25) is 11.8 Å². The van der Waals surface area contributed by atoms with E-state index in [0.29, 0.717) is 18.5 Å². The number of benzene rings is 1. The van der Waals surface area contributed by atoms with Crippen LogP contribution in [0.1, 0.15) is 33.7 Å². The predicted molar refractivity (Wildman–Crippen MR) is 115 cm³/mol. The van der Waals surface area contributed by atoms with Crippen molar-refractivity contribution in [1.82, 2.24) is 25.0 Å². The minimum atomic E-state index is -0.864. The third-order valence-electron chi connectivity index (χ3n) is 6.71. The van der Waals surface area contributed by atoms with E-state index in [4.69, 9.17) is 0 Å². The van der Waals surface area contributed by atoms with Crippen molar-refractivity contribution in [1.29, 1.82) is 0 Å². The fourth-order valence-electron chi connectivity index (χ4n) is 5.10. The molecule has 0 aliphatic carbocycles. The van der Waals surface area contributed by atoms with Gasteiger partial charge in [0.25, 0.3) is 11.8 Å². The number of hydrogen-bond donors (Lipinski definition) is 2. The number of hydrogen-bond acceptors (Lipinski definition) is 4. The Kier molecular flexibility index (Phi) is 5.15. The molecule has 1 aromatic carbocycles. The van der Waals surface area contributed by atoms with Crippen LogP contribution in [0.15, 0.2) is 42.6 Å². The van der Waals surface area contributed by atoms with Crippen LogP contribution in [0.2, 0.25) is 0 Å². The van der Waals surface area contributed by atoms with E-state index < -0.39 is 35.9 Å².